The molecule has 2 aromatic rings. The topological polar surface area (TPSA) is 43.4 Å². The van der Waals surface area contributed by atoms with Crippen LogP contribution in [0.15, 0.2) is 72.3 Å². The minimum Gasteiger partial charge on any atom is -0.462 e. The Hall–Kier alpha value is -2.94. The van der Waals surface area contributed by atoms with E-state index in [0.717, 1.165) is 11.1 Å². The Bertz CT molecular complexity index is 713. The van der Waals surface area contributed by atoms with Crippen molar-refractivity contribution in [2.75, 3.05) is 6.61 Å². The summed E-state index contributed by atoms with van der Waals surface area (Å²) in [6.07, 6.45) is 4.62. The molecule has 0 N–H and O–H groups in total. The van der Waals surface area contributed by atoms with Crippen LogP contribution in [0.1, 0.15) is 18.1 Å². The molecule has 3 nitrogen and oxygen atoms in total. The monoisotopic (exact) mass is 306 g/mol. The number of hydrogen-bond acceptors (Lipinski definition) is 3. The Balaban J connectivity index is 2.26. The number of hydrogen-bond donors (Lipinski definition) is 0. The number of benzene rings is 2. The predicted octanol–water partition coefficient (Wildman–Crippen LogP) is 3.92. The van der Waals surface area contributed by atoms with Gasteiger partial charge >= 0.3 is 5.97 Å². The fraction of sp³-hybridized carbons (Fsp3) is 0.100. The van der Waals surface area contributed by atoms with Gasteiger partial charge in [0.05, 0.1) is 6.61 Å². The van der Waals surface area contributed by atoms with E-state index in [9.17, 15) is 9.59 Å². The molecule has 0 aliphatic heterocycles. The van der Waals surface area contributed by atoms with Crippen LogP contribution in [0.4, 0.5) is 0 Å². The van der Waals surface area contributed by atoms with Gasteiger partial charge in [-0.05, 0) is 30.2 Å². The van der Waals surface area contributed by atoms with E-state index in [1.54, 1.807) is 19.1 Å². The molecule has 0 spiro atoms. The highest BCUT2D eigenvalue weighted by molar-refractivity contribution is 6.25. The van der Waals surface area contributed by atoms with Crippen molar-refractivity contribution in [1.29, 1.82) is 0 Å². The van der Waals surface area contributed by atoms with Crippen molar-refractivity contribution < 1.29 is 14.3 Å². The van der Waals surface area contributed by atoms with Crippen molar-refractivity contribution in [3.05, 3.63) is 83.4 Å². The molecule has 2 rings (SSSR count). The minimum absolute atomic E-state index is 0.0187. The van der Waals surface area contributed by atoms with E-state index in [1.165, 1.54) is 6.08 Å². The Kier molecular flexibility index (Phi) is 6.07. The van der Waals surface area contributed by atoms with Gasteiger partial charge in [-0.1, -0.05) is 66.7 Å². The first kappa shape index (κ1) is 16.4. The van der Waals surface area contributed by atoms with E-state index < -0.39 is 5.97 Å². The lowest BCUT2D eigenvalue weighted by molar-refractivity contribution is -0.139. The quantitative estimate of drug-likeness (QED) is 0.352. The summed E-state index contributed by atoms with van der Waals surface area (Å²) in [5, 5.41) is 0. The van der Waals surface area contributed by atoms with Gasteiger partial charge in [0.15, 0.2) is 5.78 Å². The number of ketones is 1. The maximum Gasteiger partial charge on any atom is 0.342 e. The average molecular weight is 306 g/mol. The second kappa shape index (κ2) is 8.49. The van der Waals surface area contributed by atoms with Crippen LogP contribution >= 0.6 is 0 Å². The fourth-order valence-corrected chi connectivity index (χ4v) is 1.98. The van der Waals surface area contributed by atoms with Crippen LogP contribution in [-0.4, -0.2) is 18.4 Å². The molecule has 23 heavy (non-hydrogen) atoms. The number of esters is 1. The maximum atomic E-state index is 12.4. The summed E-state index contributed by atoms with van der Waals surface area (Å²) in [6, 6.07) is 18.7. The van der Waals surface area contributed by atoms with Crippen molar-refractivity contribution in [2.45, 2.75) is 6.92 Å². The molecule has 2 aromatic carbocycles. The third-order valence-corrected chi connectivity index (χ3v) is 3.10. The largest absolute Gasteiger partial charge is 0.462 e. The van der Waals surface area contributed by atoms with Gasteiger partial charge in [-0.2, -0.15) is 0 Å². The molecule has 0 unspecified atom stereocenters. The smallest absolute Gasteiger partial charge is 0.342 e. The first-order valence-electron chi connectivity index (χ1n) is 7.42. The molecule has 0 radical (unpaired) electrons. The molecule has 3 heteroatoms. The summed E-state index contributed by atoms with van der Waals surface area (Å²) in [5.41, 5.74) is 1.69. The van der Waals surface area contributed by atoms with Crippen LogP contribution < -0.4 is 0 Å². The first-order chi connectivity index (χ1) is 11.2. The van der Waals surface area contributed by atoms with E-state index >= 15 is 0 Å². The predicted molar refractivity (Wildman–Crippen MR) is 91.5 cm³/mol. The molecular formula is C20H18O3. The van der Waals surface area contributed by atoms with Gasteiger partial charge in [-0.15, -0.1) is 0 Å². The van der Waals surface area contributed by atoms with Crippen molar-refractivity contribution >= 4 is 23.9 Å². The zero-order valence-electron chi connectivity index (χ0n) is 12.9. The fourth-order valence-electron chi connectivity index (χ4n) is 1.98. The third-order valence-electron chi connectivity index (χ3n) is 3.10. The molecule has 0 heterocycles. The number of ether oxygens (including phenoxy) is 1. The summed E-state index contributed by atoms with van der Waals surface area (Å²) in [6.45, 7) is 1.93. The number of allylic oxidation sites excluding steroid dienone is 1. The van der Waals surface area contributed by atoms with E-state index in [-0.39, 0.29) is 18.0 Å². The van der Waals surface area contributed by atoms with E-state index in [4.69, 9.17) is 4.74 Å². The summed E-state index contributed by atoms with van der Waals surface area (Å²) in [7, 11) is 0. The van der Waals surface area contributed by atoms with Crippen LogP contribution in [-0.2, 0) is 14.3 Å². The van der Waals surface area contributed by atoms with Crippen LogP contribution in [0.25, 0.3) is 12.2 Å². The lowest BCUT2D eigenvalue weighted by Crippen LogP contribution is -2.14. The SMILES string of the molecule is CCOC(=O)C(=Cc1ccccc1)C(=O)C=Cc1ccccc1. The van der Waals surface area contributed by atoms with Crippen molar-refractivity contribution in [2.24, 2.45) is 0 Å². The Morgan fingerprint density at radius 2 is 1.48 bits per heavy atom. The van der Waals surface area contributed by atoms with E-state index in [1.807, 2.05) is 60.7 Å². The van der Waals surface area contributed by atoms with Crippen LogP contribution in [0.3, 0.4) is 0 Å². The molecule has 0 saturated heterocycles. The molecule has 0 aromatic heterocycles. The number of rotatable bonds is 6. The van der Waals surface area contributed by atoms with Crippen LogP contribution in [0.2, 0.25) is 0 Å². The maximum absolute atomic E-state index is 12.4. The van der Waals surface area contributed by atoms with E-state index in [2.05, 4.69) is 0 Å². The Morgan fingerprint density at radius 3 is 2.04 bits per heavy atom. The standard InChI is InChI=1S/C20H18O3/c1-2-23-20(22)18(15-17-11-7-4-8-12-17)19(21)14-13-16-9-5-3-6-10-16/h3-15H,2H2,1H3. The zero-order chi connectivity index (χ0) is 16.5. The zero-order valence-corrected chi connectivity index (χ0v) is 12.9. The Labute approximate surface area is 135 Å². The first-order valence-corrected chi connectivity index (χ1v) is 7.42. The molecule has 0 bridgehead atoms. The van der Waals surface area contributed by atoms with Crippen molar-refractivity contribution in [3.8, 4) is 0 Å². The van der Waals surface area contributed by atoms with Gasteiger partial charge in [0.2, 0.25) is 0 Å². The lowest BCUT2D eigenvalue weighted by Gasteiger charge is -2.04. The third kappa shape index (κ3) is 5.08. The normalized spacial score (nSPS) is 11.4. The van der Waals surface area contributed by atoms with Crippen LogP contribution in [0.5, 0.6) is 0 Å². The highest BCUT2D eigenvalue weighted by Crippen LogP contribution is 2.11. The number of carbonyl (C=O) groups is 2. The molecule has 0 aliphatic carbocycles. The second-order valence-corrected chi connectivity index (χ2v) is 4.80. The average Bonchev–Trinajstić information content (AvgIpc) is 2.59. The van der Waals surface area contributed by atoms with Crippen LogP contribution in [0, 0.1) is 0 Å². The van der Waals surface area contributed by atoms with Gasteiger partial charge in [0.25, 0.3) is 0 Å². The Morgan fingerprint density at radius 1 is 0.913 bits per heavy atom. The summed E-state index contributed by atoms with van der Waals surface area (Å²) >= 11 is 0. The molecule has 0 aliphatic rings. The molecule has 0 amide bonds. The van der Waals surface area contributed by atoms with Gasteiger partial charge in [0, 0.05) is 0 Å². The lowest BCUT2D eigenvalue weighted by atomic mass is 10.1. The highest BCUT2D eigenvalue weighted by atomic mass is 16.5. The molecular weight excluding hydrogens is 288 g/mol. The van der Waals surface area contributed by atoms with Crippen molar-refractivity contribution in [1.82, 2.24) is 0 Å². The summed E-state index contributed by atoms with van der Waals surface area (Å²) < 4.78 is 4.99. The van der Waals surface area contributed by atoms with Gasteiger partial charge < -0.3 is 4.74 Å². The number of carbonyl (C=O) groups excluding carboxylic acids is 2. The summed E-state index contributed by atoms with van der Waals surface area (Å²) in [4.78, 5) is 24.4. The molecule has 116 valence electrons. The van der Waals surface area contributed by atoms with Crippen molar-refractivity contribution in [3.63, 3.8) is 0 Å². The second-order valence-electron chi connectivity index (χ2n) is 4.80. The summed E-state index contributed by atoms with van der Waals surface area (Å²) in [5.74, 6) is -0.991. The van der Waals surface area contributed by atoms with E-state index in [0.29, 0.717) is 0 Å². The van der Waals surface area contributed by atoms with Gasteiger partial charge in [-0.25, -0.2) is 4.79 Å². The molecule has 0 saturated carbocycles. The van der Waals surface area contributed by atoms with Gasteiger partial charge in [-0.3, -0.25) is 4.79 Å². The molecule has 0 fully saturated rings. The molecule has 0 atom stereocenters. The highest BCUT2D eigenvalue weighted by Gasteiger charge is 2.17. The van der Waals surface area contributed by atoms with Gasteiger partial charge in [0.1, 0.15) is 5.57 Å². The minimum atomic E-state index is -0.612.